The number of carbonyl (C=O) groups is 1. The van der Waals surface area contributed by atoms with Crippen LogP contribution in [0.2, 0.25) is 0 Å². The molecule has 0 amide bonds. The fourth-order valence-electron chi connectivity index (χ4n) is 1.31. The second-order valence-corrected chi connectivity index (χ2v) is 3.16. The molecule has 0 saturated heterocycles. The van der Waals surface area contributed by atoms with Gasteiger partial charge in [-0.3, -0.25) is 0 Å². The van der Waals surface area contributed by atoms with Crippen molar-refractivity contribution in [2.75, 3.05) is 7.11 Å². The van der Waals surface area contributed by atoms with E-state index in [9.17, 15) is 9.59 Å². The molecule has 1 aromatic carbocycles. The largest absolute Gasteiger partial charge is 0.478 e. The van der Waals surface area contributed by atoms with E-state index < -0.39 is 11.7 Å². The lowest BCUT2D eigenvalue weighted by Gasteiger charge is -2.21. The second-order valence-electron chi connectivity index (χ2n) is 3.16. The number of methoxy groups -OCH3 is 1. The summed E-state index contributed by atoms with van der Waals surface area (Å²) < 4.78 is 4.82. The monoisotopic (exact) mass is 221 g/mol. The van der Waals surface area contributed by atoms with E-state index >= 15 is 0 Å². The number of aliphatic imine (C=N–C) groups is 1. The minimum atomic E-state index is -1.89. The maximum absolute atomic E-state index is 11.0. The number of rotatable bonds is 5. The van der Waals surface area contributed by atoms with E-state index in [4.69, 9.17) is 9.84 Å². The van der Waals surface area contributed by atoms with E-state index in [0.717, 1.165) is 0 Å². The Morgan fingerprint density at radius 3 is 2.56 bits per heavy atom. The predicted octanol–water partition coefficient (Wildman–Crippen LogP) is 0.992. The topological polar surface area (TPSA) is 76.0 Å². The van der Waals surface area contributed by atoms with Crippen LogP contribution in [0.4, 0.5) is 0 Å². The summed E-state index contributed by atoms with van der Waals surface area (Å²) in [6, 6.07) is 8.81. The molecule has 0 spiro atoms. The van der Waals surface area contributed by atoms with Crippen molar-refractivity contribution < 1.29 is 19.4 Å². The molecule has 0 aliphatic rings. The van der Waals surface area contributed by atoms with E-state index in [1.807, 2.05) is 6.07 Å². The van der Waals surface area contributed by atoms with Gasteiger partial charge in [0.1, 0.15) is 0 Å². The Labute approximate surface area is 92.4 Å². The lowest BCUT2D eigenvalue weighted by molar-refractivity contribution is -0.161. The highest BCUT2D eigenvalue weighted by Gasteiger charge is 2.39. The summed E-state index contributed by atoms with van der Waals surface area (Å²) in [6.07, 6.45) is 1.21. The third-order valence-corrected chi connectivity index (χ3v) is 2.18. The minimum absolute atomic E-state index is 0.0189. The molecule has 0 bridgehead atoms. The van der Waals surface area contributed by atoms with Crippen LogP contribution < -0.4 is 0 Å². The molecule has 0 heterocycles. The van der Waals surface area contributed by atoms with Crippen LogP contribution in [0.25, 0.3) is 0 Å². The van der Waals surface area contributed by atoms with E-state index in [0.29, 0.717) is 5.56 Å². The van der Waals surface area contributed by atoms with Crippen LogP contribution in [0.3, 0.4) is 0 Å². The molecule has 0 saturated carbocycles. The average Bonchev–Trinajstić information content (AvgIpc) is 2.29. The highest BCUT2D eigenvalue weighted by molar-refractivity contribution is 5.78. The van der Waals surface area contributed by atoms with Gasteiger partial charge < -0.3 is 9.84 Å². The van der Waals surface area contributed by atoms with Gasteiger partial charge in [0.2, 0.25) is 6.08 Å². The van der Waals surface area contributed by atoms with Crippen molar-refractivity contribution in [1.82, 2.24) is 0 Å². The first-order chi connectivity index (χ1) is 7.64. The normalized spacial score (nSPS) is 13.6. The molecule has 84 valence electrons. The molecule has 1 atom stereocenters. The molecule has 1 N–H and O–H groups in total. The summed E-state index contributed by atoms with van der Waals surface area (Å²) in [6.45, 7) is 0. The third-order valence-electron chi connectivity index (χ3n) is 2.18. The molecular formula is C11H11NO4. The molecule has 1 rings (SSSR count). The van der Waals surface area contributed by atoms with Gasteiger partial charge >= 0.3 is 5.97 Å². The van der Waals surface area contributed by atoms with Gasteiger partial charge in [0.25, 0.3) is 5.72 Å². The van der Waals surface area contributed by atoms with E-state index in [-0.39, 0.29) is 6.42 Å². The number of aliphatic carboxylic acids is 1. The molecule has 0 aromatic heterocycles. The summed E-state index contributed by atoms with van der Waals surface area (Å²) in [5, 5.41) is 9.02. The number of isocyanates is 1. The van der Waals surface area contributed by atoms with Gasteiger partial charge in [0.05, 0.1) is 0 Å². The summed E-state index contributed by atoms with van der Waals surface area (Å²) in [4.78, 5) is 24.5. The van der Waals surface area contributed by atoms with Crippen LogP contribution in [-0.4, -0.2) is 30.0 Å². The molecule has 0 radical (unpaired) electrons. The second kappa shape index (κ2) is 5.21. The standard InChI is InChI=1S/C11H11NO4/c1-16-11(10(14)15,12-8-13)7-9-5-3-2-4-6-9/h2-6H,7H2,1H3,(H,14,15). The zero-order valence-electron chi connectivity index (χ0n) is 8.71. The van der Waals surface area contributed by atoms with Crippen LogP contribution in [0.5, 0.6) is 0 Å². The maximum atomic E-state index is 11.0. The Hall–Kier alpha value is -1.97. The van der Waals surface area contributed by atoms with E-state index in [1.165, 1.54) is 13.2 Å². The van der Waals surface area contributed by atoms with Crippen LogP contribution in [0.15, 0.2) is 35.3 Å². The van der Waals surface area contributed by atoms with Crippen molar-refractivity contribution in [3.8, 4) is 0 Å². The van der Waals surface area contributed by atoms with Crippen molar-refractivity contribution in [3.05, 3.63) is 35.9 Å². The first kappa shape index (κ1) is 12.1. The fraction of sp³-hybridized carbons (Fsp3) is 0.273. The van der Waals surface area contributed by atoms with Crippen molar-refractivity contribution in [3.63, 3.8) is 0 Å². The van der Waals surface area contributed by atoms with Gasteiger partial charge in [0, 0.05) is 13.5 Å². The summed E-state index contributed by atoms with van der Waals surface area (Å²) >= 11 is 0. The van der Waals surface area contributed by atoms with Crippen molar-refractivity contribution in [1.29, 1.82) is 0 Å². The van der Waals surface area contributed by atoms with Crippen molar-refractivity contribution in [2.24, 2.45) is 4.99 Å². The van der Waals surface area contributed by atoms with Crippen LogP contribution in [0.1, 0.15) is 5.56 Å². The van der Waals surface area contributed by atoms with Gasteiger partial charge in [-0.1, -0.05) is 30.3 Å². The summed E-state index contributed by atoms with van der Waals surface area (Å²) in [5.41, 5.74) is -1.17. The number of nitrogens with zero attached hydrogens (tertiary/aromatic N) is 1. The quantitative estimate of drug-likeness (QED) is 0.594. The highest BCUT2D eigenvalue weighted by atomic mass is 16.5. The number of hydrogen-bond acceptors (Lipinski definition) is 4. The third kappa shape index (κ3) is 2.53. The lowest BCUT2D eigenvalue weighted by atomic mass is 10.0. The average molecular weight is 221 g/mol. The first-order valence-electron chi connectivity index (χ1n) is 4.56. The van der Waals surface area contributed by atoms with Crippen molar-refractivity contribution >= 4 is 12.0 Å². The molecule has 1 aromatic rings. The molecule has 1 unspecified atom stereocenters. The first-order valence-corrected chi connectivity index (χ1v) is 4.56. The van der Waals surface area contributed by atoms with Crippen molar-refractivity contribution in [2.45, 2.75) is 12.1 Å². The van der Waals surface area contributed by atoms with Crippen LogP contribution in [-0.2, 0) is 20.7 Å². The molecule has 0 aliphatic heterocycles. The van der Waals surface area contributed by atoms with Gasteiger partial charge in [0.15, 0.2) is 0 Å². The zero-order chi connectivity index (χ0) is 12.0. The molecule has 5 nitrogen and oxygen atoms in total. The summed E-state index contributed by atoms with van der Waals surface area (Å²) in [5.74, 6) is -1.32. The van der Waals surface area contributed by atoms with E-state index in [2.05, 4.69) is 4.99 Å². The molecule has 0 aliphatic carbocycles. The smallest absolute Gasteiger partial charge is 0.360 e. The molecule has 5 heteroatoms. The number of carboxylic acid groups (broad SMARTS) is 1. The van der Waals surface area contributed by atoms with Crippen LogP contribution in [0, 0.1) is 0 Å². The minimum Gasteiger partial charge on any atom is -0.478 e. The predicted molar refractivity (Wildman–Crippen MR) is 55.6 cm³/mol. The Bertz CT molecular complexity index is 407. The van der Waals surface area contributed by atoms with Gasteiger partial charge in [-0.15, -0.1) is 0 Å². The molecule has 0 fully saturated rings. The van der Waals surface area contributed by atoms with Gasteiger partial charge in [-0.2, -0.15) is 4.99 Å². The SMILES string of the molecule is COC(Cc1ccccc1)(N=C=O)C(=O)O. The number of ether oxygens (including phenoxy) is 1. The Balaban J connectivity index is 3.04. The Morgan fingerprint density at radius 1 is 1.50 bits per heavy atom. The van der Waals surface area contributed by atoms with Crippen LogP contribution >= 0.6 is 0 Å². The maximum Gasteiger partial charge on any atom is 0.360 e. The number of carboxylic acids is 1. The van der Waals surface area contributed by atoms with E-state index in [1.54, 1.807) is 24.3 Å². The zero-order valence-corrected chi connectivity index (χ0v) is 8.71. The number of carbonyl (C=O) groups excluding carboxylic acids is 1. The fourth-order valence-corrected chi connectivity index (χ4v) is 1.31. The Morgan fingerprint density at radius 2 is 2.12 bits per heavy atom. The Kier molecular flexibility index (Phi) is 3.94. The van der Waals surface area contributed by atoms with Gasteiger partial charge in [-0.25, -0.2) is 9.59 Å². The molecule has 16 heavy (non-hydrogen) atoms. The molecular weight excluding hydrogens is 210 g/mol. The number of benzene rings is 1. The lowest BCUT2D eigenvalue weighted by Crippen LogP contribution is -2.40. The highest BCUT2D eigenvalue weighted by Crippen LogP contribution is 2.19. The summed E-state index contributed by atoms with van der Waals surface area (Å²) in [7, 11) is 1.19. The van der Waals surface area contributed by atoms with Gasteiger partial charge in [-0.05, 0) is 5.56 Å². The number of hydrogen-bond donors (Lipinski definition) is 1.